The molecule has 0 bridgehead atoms. The highest BCUT2D eigenvalue weighted by molar-refractivity contribution is 6.30. The van der Waals surface area contributed by atoms with Crippen LogP contribution in [0.2, 0.25) is 10.0 Å². The fraction of sp³-hybridized carbons (Fsp3) is 0.350. The Bertz CT molecular complexity index is 725. The molecule has 2 atom stereocenters. The Morgan fingerprint density at radius 1 is 0.885 bits per heavy atom. The Morgan fingerprint density at radius 3 is 1.69 bits per heavy atom. The number of ether oxygens (including phenoxy) is 1. The molecule has 0 aromatic heterocycles. The van der Waals surface area contributed by atoms with Gasteiger partial charge in [0.2, 0.25) is 0 Å². The third-order valence-electron chi connectivity index (χ3n) is 3.77. The molecule has 0 fully saturated rings. The maximum absolute atomic E-state index is 12.4. The molecule has 2 rings (SSSR count). The van der Waals surface area contributed by atoms with Crippen molar-refractivity contribution in [3.8, 4) is 0 Å². The van der Waals surface area contributed by atoms with Gasteiger partial charge in [0, 0.05) is 10.0 Å². The van der Waals surface area contributed by atoms with Gasteiger partial charge in [-0.2, -0.15) is 0 Å². The molecule has 0 aliphatic rings. The van der Waals surface area contributed by atoms with Crippen LogP contribution in [0.15, 0.2) is 48.5 Å². The molecule has 0 spiro atoms. The van der Waals surface area contributed by atoms with E-state index in [1.807, 2.05) is 64.2 Å². The summed E-state index contributed by atoms with van der Waals surface area (Å²) in [6.45, 7) is 5.50. The highest BCUT2D eigenvalue weighted by atomic mass is 35.5. The topological polar surface area (TPSA) is 50.4 Å². The van der Waals surface area contributed by atoms with Gasteiger partial charge in [-0.15, -0.1) is 0 Å². The zero-order chi connectivity index (χ0) is 19.3. The van der Waals surface area contributed by atoms with Crippen molar-refractivity contribution in [1.29, 1.82) is 0 Å². The van der Waals surface area contributed by atoms with Crippen LogP contribution in [0.3, 0.4) is 0 Å². The summed E-state index contributed by atoms with van der Waals surface area (Å²) in [7, 11) is 1.85. The molecule has 1 amide bonds. The summed E-state index contributed by atoms with van der Waals surface area (Å²) in [5, 5.41) is 7.54. The number of benzene rings is 2. The van der Waals surface area contributed by atoms with Crippen LogP contribution in [0.25, 0.3) is 0 Å². The average Bonchev–Trinajstić information content (AvgIpc) is 2.55. The monoisotopic (exact) mass is 394 g/mol. The number of nitrogens with one attached hydrogen (secondary N) is 2. The van der Waals surface area contributed by atoms with Crippen LogP contribution in [0.5, 0.6) is 0 Å². The predicted molar refractivity (Wildman–Crippen MR) is 107 cm³/mol. The van der Waals surface area contributed by atoms with E-state index in [0.717, 1.165) is 11.1 Å². The second-order valence-corrected chi connectivity index (χ2v) is 7.87. The summed E-state index contributed by atoms with van der Waals surface area (Å²) >= 11 is 12.0. The van der Waals surface area contributed by atoms with Crippen LogP contribution in [0, 0.1) is 0 Å². The lowest BCUT2D eigenvalue weighted by Gasteiger charge is -2.30. The van der Waals surface area contributed by atoms with Crippen LogP contribution in [0.4, 0.5) is 4.79 Å². The minimum Gasteiger partial charge on any atom is -0.444 e. The first-order chi connectivity index (χ1) is 12.2. The lowest BCUT2D eigenvalue weighted by molar-refractivity contribution is 0.0492. The molecule has 2 aromatic rings. The van der Waals surface area contributed by atoms with E-state index in [0.29, 0.717) is 10.0 Å². The molecule has 2 aromatic carbocycles. The zero-order valence-corrected chi connectivity index (χ0v) is 16.9. The third kappa shape index (κ3) is 5.90. The van der Waals surface area contributed by atoms with E-state index in [-0.39, 0.29) is 12.1 Å². The van der Waals surface area contributed by atoms with Crippen LogP contribution in [-0.2, 0) is 4.74 Å². The van der Waals surface area contributed by atoms with Crippen LogP contribution in [-0.4, -0.2) is 18.7 Å². The highest BCUT2D eigenvalue weighted by Gasteiger charge is 2.27. The molecular weight excluding hydrogens is 371 g/mol. The first-order valence-corrected chi connectivity index (χ1v) is 9.13. The fourth-order valence-corrected chi connectivity index (χ4v) is 2.91. The lowest BCUT2D eigenvalue weighted by Crippen LogP contribution is -2.40. The van der Waals surface area contributed by atoms with Crippen molar-refractivity contribution >= 4 is 29.3 Å². The van der Waals surface area contributed by atoms with Crippen molar-refractivity contribution in [3.05, 3.63) is 69.7 Å². The first-order valence-electron chi connectivity index (χ1n) is 8.37. The molecule has 0 radical (unpaired) electrons. The molecule has 0 saturated heterocycles. The minimum atomic E-state index is -0.579. The number of alkyl carbamates (subject to hydrolysis) is 1. The van der Waals surface area contributed by atoms with Crippen molar-refractivity contribution in [2.45, 2.75) is 38.5 Å². The minimum absolute atomic E-state index is 0.180. The van der Waals surface area contributed by atoms with Gasteiger partial charge in [-0.3, -0.25) is 0 Å². The summed E-state index contributed by atoms with van der Waals surface area (Å²) in [5.41, 5.74) is 1.33. The van der Waals surface area contributed by atoms with E-state index in [4.69, 9.17) is 27.9 Å². The average molecular weight is 395 g/mol. The summed E-state index contributed by atoms with van der Waals surface area (Å²) in [6, 6.07) is 14.4. The van der Waals surface area contributed by atoms with Gasteiger partial charge in [0.05, 0.1) is 12.1 Å². The first kappa shape index (κ1) is 20.6. The maximum atomic E-state index is 12.4. The zero-order valence-electron chi connectivity index (χ0n) is 15.3. The number of likely N-dealkylation sites (N-methyl/N-ethyl adjacent to an activating group) is 1. The number of carbonyl (C=O) groups excluding carboxylic acids is 1. The van der Waals surface area contributed by atoms with E-state index < -0.39 is 11.7 Å². The Hall–Kier alpha value is -1.75. The van der Waals surface area contributed by atoms with Gasteiger partial charge in [0.25, 0.3) is 0 Å². The van der Waals surface area contributed by atoms with Crippen molar-refractivity contribution < 1.29 is 9.53 Å². The number of halogens is 2. The quantitative estimate of drug-likeness (QED) is 0.701. The van der Waals surface area contributed by atoms with Gasteiger partial charge in [0.1, 0.15) is 5.60 Å². The summed E-state index contributed by atoms with van der Waals surface area (Å²) in [5.74, 6) is 0. The molecule has 6 heteroatoms. The third-order valence-corrected chi connectivity index (χ3v) is 4.28. The molecular formula is C20H24Cl2N2O2. The molecule has 140 valence electrons. The number of carbonyl (C=O) groups is 1. The van der Waals surface area contributed by atoms with Crippen molar-refractivity contribution in [1.82, 2.24) is 10.6 Å². The Kier molecular flexibility index (Phi) is 6.93. The van der Waals surface area contributed by atoms with Gasteiger partial charge in [-0.1, -0.05) is 47.5 Å². The molecule has 2 N–H and O–H groups in total. The molecule has 26 heavy (non-hydrogen) atoms. The second-order valence-electron chi connectivity index (χ2n) is 6.99. The van der Waals surface area contributed by atoms with E-state index in [2.05, 4.69) is 10.6 Å². The lowest BCUT2D eigenvalue weighted by atomic mass is 9.93. The van der Waals surface area contributed by atoms with Crippen molar-refractivity contribution in [2.75, 3.05) is 7.05 Å². The summed E-state index contributed by atoms with van der Waals surface area (Å²) in [6.07, 6.45) is -0.480. The largest absolute Gasteiger partial charge is 0.444 e. The number of hydrogen-bond donors (Lipinski definition) is 2. The summed E-state index contributed by atoms with van der Waals surface area (Å²) < 4.78 is 5.44. The molecule has 0 aliphatic carbocycles. The normalized spacial score (nSPS) is 13.8. The SMILES string of the molecule is CN[C@@H](c1ccc(Cl)cc1)[C@H](NC(=O)OC(C)(C)C)c1ccc(Cl)cc1. The predicted octanol–water partition coefficient (Wildman–Crippen LogP) is 5.52. The van der Waals surface area contributed by atoms with E-state index in [1.54, 1.807) is 12.1 Å². The van der Waals surface area contributed by atoms with Crippen molar-refractivity contribution in [2.24, 2.45) is 0 Å². The van der Waals surface area contributed by atoms with Crippen LogP contribution < -0.4 is 10.6 Å². The number of rotatable bonds is 5. The van der Waals surface area contributed by atoms with Crippen LogP contribution in [0.1, 0.15) is 44.0 Å². The molecule has 0 heterocycles. The highest BCUT2D eigenvalue weighted by Crippen LogP contribution is 2.30. The molecule has 0 aliphatic heterocycles. The second kappa shape index (κ2) is 8.76. The van der Waals surface area contributed by atoms with Gasteiger partial charge in [0.15, 0.2) is 0 Å². The maximum Gasteiger partial charge on any atom is 0.408 e. The Balaban J connectivity index is 2.36. The van der Waals surface area contributed by atoms with E-state index in [9.17, 15) is 4.79 Å². The van der Waals surface area contributed by atoms with Gasteiger partial charge < -0.3 is 15.4 Å². The molecule has 4 nitrogen and oxygen atoms in total. The fourth-order valence-electron chi connectivity index (χ4n) is 2.66. The smallest absolute Gasteiger partial charge is 0.408 e. The van der Waals surface area contributed by atoms with Crippen molar-refractivity contribution in [3.63, 3.8) is 0 Å². The van der Waals surface area contributed by atoms with Gasteiger partial charge >= 0.3 is 6.09 Å². The summed E-state index contributed by atoms with van der Waals surface area (Å²) in [4.78, 5) is 12.4. The number of hydrogen-bond acceptors (Lipinski definition) is 3. The number of amides is 1. The Labute approximate surface area is 164 Å². The molecule has 0 unspecified atom stereocenters. The van der Waals surface area contributed by atoms with Gasteiger partial charge in [-0.25, -0.2) is 4.79 Å². The molecule has 0 saturated carbocycles. The van der Waals surface area contributed by atoms with E-state index in [1.165, 1.54) is 0 Å². The van der Waals surface area contributed by atoms with Gasteiger partial charge in [-0.05, 0) is 63.2 Å². The van der Waals surface area contributed by atoms with E-state index >= 15 is 0 Å². The Morgan fingerprint density at radius 2 is 1.31 bits per heavy atom. The standard InChI is InChI=1S/C20H24Cl2N2O2/c1-20(2,3)26-19(25)24-18(14-7-11-16(22)12-8-14)17(23-4)13-5-9-15(21)10-6-13/h5-12,17-18,23H,1-4H3,(H,24,25)/t17-,18+/m0/s1. The van der Waals surface area contributed by atoms with Crippen LogP contribution >= 0.6 is 23.2 Å².